The fourth-order valence-corrected chi connectivity index (χ4v) is 4.28. The number of nitrogens with zero attached hydrogens (tertiary/aromatic N) is 3. The van der Waals surface area contributed by atoms with E-state index in [0.717, 1.165) is 10.4 Å². The SMILES string of the molecule is COc1ccc(Cl)cc1N1C(=O)C[C@H](c2c(C)[nH]n(-c3nc4ccccc4[nH]3)c2=O)C1=O. The molecule has 0 unspecified atom stereocenters. The molecule has 2 amide bonds. The number of nitrogens with one attached hydrogen (secondary N) is 2. The number of aromatic nitrogens is 4. The van der Waals surface area contributed by atoms with Gasteiger partial charge in [-0.15, -0.1) is 0 Å². The second-order valence-electron chi connectivity index (χ2n) is 7.51. The number of hydrogen-bond acceptors (Lipinski definition) is 5. The molecule has 4 aromatic rings. The van der Waals surface area contributed by atoms with Crippen LogP contribution >= 0.6 is 11.6 Å². The van der Waals surface area contributed by atoms with E-state index in [4.69, 9.17) is 16.3 Å². The zero-order chi connectivity index (χ0) is 22.6. The number of amides is 2. The zero-order valence-electron chi connectivity index (χ0n) is 17.2. The molecule has 0 spiro atoms. The summed E-state index contributed by atoms with van der Waals surface area (Å²) in [6.07, 6.45) is -0.136. The van der Waals surface area contributed by atoms with E-state index in [1.807, 2.05) is 24.3 Å². The Balaban J connectivity index is 1.56. The van der Waals surface area contributed by atoms with Crippen molar-refractivity contribution in [3.8, 4) is 11.7 Å². The van der Waals surface area contributed by atoms with Crippen LogP contribution in [0.5, 0.6) is 5.75 Å². The maximum Gasteiger partial charge on any atom is 0.278 e. The maximum atomic E-state index is 13.3. The number of rotatable bonds is 4. The summed E-state index contributed by atoms with van der Waals surface area (Å²) in [7, 11) is 1.44. The molecule has 2 aromatic carbocycles. The van der Waals surface area contributed by atoms with Crippen LogP contribution in [0.2, 0.25) is 5.02 Å². The van der Waals surface area contributed by atoms with Gasteiger partial charge in [0.05, 0.1) is 35.3 Å². The van der Waals surface area contributed by atoms with Crippen molar-refractivity contribution in [2.24, 2.45) is 0 Å². The Bertz CT molecular complexity index is 1420. The Morgan fingerprint density at radius 1 is 1.16 bits per heavy atom. The number of aromatic amines is 2. The van der Waals surface area contributed by atoms with Gasteiger partial charge in [0, 0.05) is 17.1 Å². The molecule has 0 saturated carbocycles. The molecule has 0 radical (unpaired) electrons. The number of halogens is 1. The lowest BCUT2D eigenvalue weighted by Crippen LogP contribution is -2.31. The average molecular weight is 452 g/mol. The molecule has 0 bridgehead atoms. The number of fused-ring (bicyclic) bond motifs is 1. The highest BCUT2D eigenvalue weighted by molar-refractivity contribution is 6.31. The summed E-state index contributed by atoms with van der Waals surface area (Å²) in [6, 6.07) is 12.1. The average Bonchev–Trinajstić information content (AvgIpc) is 3.41. The quantitative estimate of drug-likeness (QED) is 0.463. The highest BCUT2D eigenvalue weighted by Crippen LogP contribution is 2.38. The molecule has 1 fully saturated rings. The molecule has 1 aliphatic rings. The molecule has 5 rings (SSSR count). The highest BCUT2D eigenvalue weighted by Gasteiger charge is 2.44. The molecule has 1 atom stereocenters. The van der Waals surface area contributed by atoms with Crippen LogP contribution in [0, 0.1) is 6.92 Å². The number of carbonyl (C=O) groups is 2. The van der Waals surface area contributed by atoms with E-state index in [1.165, 1.54) is 17.9 Å². The van der Waals surface area contributed by atoms with Crippen molar-refractivity contribution >= 4 is 40.1 Å². The molecule has 32 heavy (non-hydrogen) atoms. The molecule has 10 heteroatoms. The van der Waals surface area contributed by atoms with Gasteiger partial charge in [0.15, 0.2) is 0 Å². The summed E-state index contributed by atoms with van der Waals surface area (Å²) < 4.78 is 6.55. The Morgan fingerprint density at radius 2 is 1.94 bits per heavy atom. The van der Waals surface area contributed by atoms with Crippen LogP contribution in [0.25, 0.3) is 17.0 Å². The zero-order valence-corrected chi connectivity index (χ0v) is 17.9. The molecule has 0 aliphatic carbocycles. The van der Waals surface area contributed by atoms with Crippen LogP contribution < -0.4 is 15.2 Å². The Morgan fingerprint density at radius 3 is 2.69 bits per heavy atom. The predicted molar refractivity (Wildman–Crippen MR) is 119 cm³/mol. The summed E-state index contributed by atoms with van der Waals surface area (Å²) in [6.45, 7) is 1.69. The third-order valence-corrected chi connectivity index (χ3v) is 5.82. The predicted octanol–water partition coefficient (Wildman–Crippen LogP) is 3.06. The number of imide groups is 1. The van der Waals surface area contributed by atoms with E-state index in [9.17, 15) is 14.4 Å². The lowest BCUT2D eigenvalue weighted by molar-refractivity contribution is -0.121. The van der Waals surface area contributed by atoms with Gasteiger partial charge in [-0.1, -0.05) is 23.7 Å². The van der Waals surface area contributed by atoms with Crippen LogP contribution in [0.3, 0.4) is 0 Å². The fraction of sp³-hybridized carbons (Fsp3) is 0.182. The molecule has 3 heterocycles. The first-order valence-electron chi connectivity index (χ1n) is 9.86. The number of methoxy groups -OCH3 is 1. The molecule has 1 saturated heterocycles. The van der Waals surface area contributed by atoms with E-state index in [1.54, 1.807) is 19.1 Å². The van der Waals surface area contributed by atoms with Crippen molar-refractivity contribution in [3.05, 3.63) is 69.1 Å². The number of anilines is 1. The van der Waals surface area contributed by atoms with Gasteiger partial charge in [-0.25, -0.2) is 9.88 Å². The molecular weight excluding hydrogens is 434 g/mol. The number of imidazole rings is 1. The third-order valence-electron chi connectivity index (χ3n) is 5.58. The fourth-order valence-electron chi connectivity index (χ4n) is 4.11. The molecule has 9 nitrogen and oxygen atoms in total. The second-order valence-corrected chi connectivity index (χ2v) is 7.95. The number of para-hydroxylation sites is 2. The van der Waals surface area contributed by atoms with E-state index in [2.05, 4.69) is 15.1 Å². The summed E-state index contributed by atoms with van der Waals surface area (Å²) in [5, 5.41) is 3.33. The third kappa shape index (κ3) is 3.01. The van der Waals surface area contributed by atoms with E-state index < -0.39 is 23.3 Å². The van der Waals surface area contributed by atoms with Crippen LogP contribution in [0.1, 0.15) is 23.6 Å². The number of carbonyl (C=O) groups excluding carboxylic acids is 2. The number of aryl methyl sites for hydroxylation is 1. The molecule has 162 valence electrons. The second kappa shape index (κ2) is 7.38. The Hall–Kier alpha value is -3.85. The van der Waals surface area contributed by atoms with Gasteiger partial charge in [0.2, 0.25) is 17.8 Å². The summed E-state index contributed by atoms with van der Waals surface area (Å²) in [5.74, 6) is -1.24. The minimum Gasteiger partial charge on any atom is -0.495 e. The van der Waals surface area contributed by atoms with E-state index >= 15 is 0 Å². The number of ether oxygens (including phenoxy) is 1. The maximum absolute atomic E-state index is 13.3. The standard InChI is InChI=1S/C22H18ClN5O4/c1-11-19(21(31)28(26-11)22-24-14-5-3-4-6-15(14)25-22)13-10-18(29)27(20(13)30)16-9-12(23)7-8-17(16)32-2/h3-9,13,26H,10H2,1-2H3,(H,24,25)/t13-/m1/s1. The first kappa shape index (κ1) is 20.1. The van der Waals surface area contributed by atoms with Crippen LogP contribution in [0.4, 0.5) is 5.69 Å². The normalized spacial score (nSPS) is 16.3. The van der Waals surface area contributed by atoms with Gasteiger partial charge >= 0.3 is 0 Å². The van der Waals surface area contributed by atoms with Crippen molar-refractivity contribution < 1.29 is 14.3 Å². The summed E-state index contributed by atoms with van der Waals surface area (Å²) in [5.41, 5.74) is 2.01. The van der Waals surface area contributed by atoms with Crippen LogP contribution in [0.15, 0.2) is 47.3 Å². The minimum atomic E-state index is -0.930. The van der Waals surface area contributed by atoms with Gasteiger partial charge in [-0.2, -0.15) is 4.68 Å². The number of benzene rings is 2. The van der Waals surface area contributed by atoms with Crippen molar-refractivity contribution in [1.29, 1.82) is 0 Å². The topological polar surface area (TPSA) is 113 Å². The molecular formula is C22H18ClN5O4. The summed E-state index contributed by atoms with van der Waals surface area (Å²) >= 11 is 6.08. The summed E-state index contributed by atoms with van der Waals surface area (Å²) in [4.78, 5) is 48.0. The first-order valence-corrected chi connectivity index (χ1v) is 10.2. The smallest absolute Gasteiger partial charge is 0.278 e. The highest BCUT2D eigenvalue weighted by atomic mass is 35.5. The molecule has 2 N–H and O–H groups in total. The van der Waals surface area contributed by atoms with Gasteiger partial charge < -0.3 is 9.72 Å². The van der Waals surface area contributed by atoms with Crippen LogP contribution in [-0.2, 0) is 9.59 Å². The number of H-pyrrole nitrogens is 2. The largest absolute Gasteiger partial charge is 0.495 e. The van der Waals surface area contributed by atoms with Crippen molar-refractivity contribution in [1.82, 2.24) is 19.7 Å². The van der Waals surface area contributed by atoms with Crippen molar-refractivity contribution in [2.75, 3.05) is 12.0 Å². The van der Waals surface area contributed by atoms with Crippen LogP contribution in [-0.4, -0.2) is 38.7 Å². The van der Waals surface area contributed by atoms with Crippen molar-refractivity contribution in [3.63, 3.8) is 0 Å². The molecule has 1 aliphatic heterocycles. The number of hydrogen-bond donors (Lipinski definition) is 2. The lowest BCUT2D eigenvalue weighted by Gasteiger charge is -2.18. The van der Waals surface area contributed by atoms with Gasteiger partial charge in [-0.05, 0) is 37.3 Å². The van der Waals surface area contributed by atoms with E-state index in [-0.39, 0.29) is 17.7 Å². The van der Waals surface area contributed by atoms with Gasteiger partial charge in [-0.3, -0.25) is 19.5 Å². The molecule has 2 aromatic heterocycles. The van der Waals surface area contributed by atoms with E-state index in [0.29, 0.717) is 27.9 Å². The van der Waals surface area contributed by atoms with Crippen molar-refractivity contribution in [2.45, 2.75) is 19.3 Å². The first-order chi connectivity index (χ1) is 15.4. The van der Waals surface area contributed by atoms with Gasteiger partial charge in [0.1, 0.15) is 5.75 Å². The Kier molecular flexibility index (Phi) is 4.63. The monoisotopic (exact) mass is 451 g/mol. The minimum absolute atomic E-state index is 0.136. The lowest BCUT2D eigenvalue weighted by atomic mass is 9.98. The Labute approximate surface area is 186 Å². The van der Waals surface area contributed by atoms with Gasteiger partial charge in [0.25, 0.3) is 5.56 Å².